The molecule has 0 bridgehead atoms. The van der Waals surface area contributed by atoms with E-state index >= 15 is 0 Å². The summed E-state index contributed by atoms with van der Waals surface area (Å²) in [7, 11) is 1.77. The van der Waals surface area contributed by atoms with E-state index < -0.39 is 0 Å². The van der Waals surface area contributed by atoms with Crippen molar-refractivity contribution in [3.63, 3.8) is 0 Å². The van der Waals surface area contributed by atoms with E-state index in [4.69, 9.17) is 4.74 Å². The lowest BCUT2D eigenvalue weighted by molar-refractivity contribution is -0.134. The third kappa shape index (κ3) is 7.74. The number of hydrogen-bond donors (Lipinski definition) is 1. The highest BCUT2D eigenvalue weighted by molar-refractivity contribution is 6.04. The molecule has 0 saturated heterocycles. The second-order valence-corrected chi connectivity index (χ2v) is 8.12. The number of anilines is 1. The zero-order valence-corrected chi connectivity index (χ0v) is 20.1. The molecule has 3 rings (SSSR count). The number of benzene rings is 3. The molecule has 7 nitrogen and oxygen atoms in total. The minimum Gasteiger partial charge on any atom is -0.492 e. The largest absolute Gasteiger partial charge is 0.492 e. The third-order valence-corrected chi connectivity index (χ3v) is 5.45. The van der Waals surface area contributed by atoms with Gasteiger partial charge in [0.25, 0.3) is 5.91 Å². The van der Waals surface area contributed by atoms with Gasteiger partial charge >= 0.3 is 0 Å². The predicted molar refractivity (Wildman–Crippen MR) is 134 cm³/mol. The highest BCUT2D eigenvalue weighted by Crippen LogP contribution is 2.21. The van der Waals surface area contributed by atoms with Crippen LogP contribution in [0, 0.1) is 11.7 Å². The Labute approximate surface area is 204 Å². The first-order valence-electron chi connectivity index (χ1n) is 11.4. The second-order valence-electron chi connectivity index (χ2n) is 8.12. The molecular formula is C27H29FN4O3. The van der Waals surface area contributed by atoms with Crippen molar-refractivity contribution in [2.75, 3.05) is 25.5 Å². The van der Waals surface area contributed by atoms with E-state index in [2.05, 4.69) is 15.5 Å². The van der Waals surface area contributed by atoms with E-state index in [1.807, 2.05) is 13.8 Å². The number of rotatable bonds is 10. The molecule has 0 aliphatic heterocycles. The fourth-order valence-corrected chi connectivity index (χ4v) is 3.10. The first kappa shape index (κ1) is 25.6. The minimum absolute atomic E-state index is 0.000171. The lowest BCUT2D eigenvalue weighted by atomic mass is 10.1. The Balaban J connectivity index is 1.48. The molecule has 3 aromatic carbocycles. The zero-order chi connectivity index (χ0) is 25.2. The fourth-order valence-electron chi connectivity index (χ4n) is 3.10. The molecule has 0 aliphatic rings. The van der Waals surface area contributed by atoms with Crippen LogP contribution in [0.4, 0.5) is 21.5 Å². The highest BCUT2D eigenvalue weighted by atomic mass is 19.1. The molecule has 0 aliphatic carbocycles. The first-order valence-corrected chi connectivity index (χ1v) is 11.4. The molecular weight excluding hydrogens is 447 g/mol. The highest BCUT2D eigenvalue weighted by Gasteiger charge is 2.15. The van der Waals surface area contributed by atoms with E-state index in [-0.39, 0.29) is 23.5 Å². The Morgan fingerprint density at radius 2 is 1.51 bits per heavy atom. The zero-order valence-electron chi connectivity index (χ0n) is 20.1. The molecule has 0 spiro atoms. The molecule has 35 heavy (non-hydrogen) atoms. The van der Waals surface area contributed by atoms with Crippen molar-refractivity contribution in [1.29, 1.82) is 0 Å². The topological polar surface area (TPSA) is 83.4 Å². The number of azo groups is 1. The van der Waals surface area contributed by atoms with Crippen LogP contribution in [-0.2, 0) is 4.79 Å². The summed E-state index contributed by atoms with van der Waals surface area (Å²) in [5.74, 6) is 0.147. The first-order chi connectivity index (χ1) is 16.9. The van der Waals surface area contributed by atoms with Crippen LogP contribution >= 0.6 is 0 Å². The smallest absolute Gasteiger partial charge is 0.255 e. The van der Waals surface area contributed by atoms with Gasteiger partial charge in [-0.25, -0.2) is 4.39 Å². The average molecular weight is 477 g/mol. The summed E-state index contributed by atoms with van der Waals surface area (Å²) in [5, 5.41) is 11.0. The number of likely N-dealkylation sites (N-methyl/N-ethyl adjacent to an activating group) is 1. The van der Waals surface area contributed by atoms with Gasteiger partial charge in [0, 0.05) is 24.2 Å². The Morgan fingerprint density at radius 3 is 2.09 bits per heavy atom. The maximum atomic E-state index is 12.9. The molecule has 1 N–H and O–H groups in total. The number of halogens is 1. The van der Waals surface area contributed by atoms with Gasteiger partial charge in [0.05, 0.1) is 17.9 Å². The lowest BCUT2D eigenvalue weighted by Gasteiger charge is -2.20. The van der Waals surface area contributed by atoms with Gasteiger partial charge in [-0.15, -0.1) is 0 Å². The minimum atomic E-state index is -0.329. The summed E-state index contributed by atoms with van der Waals surface area (Å²) < 4.78 is 18.7. The van der Waals surface area contributed by atoms with Crippen LogP contribution in [-0.4, -0.2) is 36.9 Å². The quantitative estimate of drug-likeness (QED) is 0.345. The molecule has 182 valence electrons. The van der Waals surface area contributed by atoms with Gasteiger partial charge < -0.3 is 15.0 Å². The van der Waals surface area contributed by atoms with Crippen molar-refractivity contribution in [2.45, 2.75) is 20.3 Å². The molecule has 8 heteroatoms. The normalized spacial score (nSPS) is 11.8. The number of carbonyl (C=O) groups is 2. The maximum Gasteiger partial charge on any atom is 0.255 e. The molecule has 2 amide bonds. The maximum absolute atomic E-state index is 12.9. The number of ether oxygens (including phenoxy) is 1. The van der Waals surface area contributed by atoms with Gasteiger partial charge in [-0.3, -0.25) is 9.59 Å². The summed E-state index contributed by atoms with van der Waals surface area (Å²) in [6.07, 6.45) is 0.806. The monoisotopic (exact) mass is 476 g/mol. The number of hydrogen-bond acceptors (Lipinski definition) is 5. The van der Waals surface area contributed by atoms with Gasteiger partial charge in [-0.2, -0.15) is 10.2 Å². The Morgan fingerprint density at radius 1 is 0.943 bits per heavy atom. The van der Waals surface area contributed by atoms with E-state index in [1.165, 1.54) is 24.3 Å². The Kier molecular flexibility index (Phi) is 9.06. The van der Waals surface area contributed by atoms with Gasteiger partial charge in [-0.1, -0.05) is 13.8 Å². The molecule has 0 fully saturated rings. The summed E-state index contributed by atoms with van der Waals surface area (Å²) in [6.45, 7) is 4.77. The van der Waals surface area contributed by atoms with Crippen molar-refractivity contribution in [3.8, 4) is 5.75 Å². The predicted octanol–water partition coefficient (Wildman–Crippen LogP) is 6.38. The fraction of sp³-hybridized carbons (Fsp3) is 0.259. The average Bonchev–Trinajstić information content (AvgIpc) is 2.88. The number of nitrogens with zero attached hydrogens (tertiary/aromatic N) is 3. The number of amides is 2. The standard InChI is InChI=1S/C27H29FN4O3/c1-4-19(2)27(34)32(3)17-18-35-25-15-5-20(6-16-25)26(33)29-22-11-13-24(14-12-22)31-30-23-9-7-21(28)8-10-23/h5-16,19H,4,17-18H2,1-3H3,(H,29,33)/t19-/m1/s1. The molecule has 3 aromatic rings. The van der Waals surface area contributed by atoms with Crippen molar-refractivity contribution < 1.29 is 18.7 Å². The van der Waals surface area contributed by atoms with Crippen LogP contribution in [0.1, 0.15) is 30.6 Å². The molecule has 0 aromatic heterocycles. The van der Waals surface area contributed by atoms with Crippen molar-refractivity contribution in [2.24, 2.45) is 16.1 Å². The van der Waals surface area contributed by atoms with E-state index in [9.17, 15) is 14.0 Å². The van der Waals surface area contributed by atoms with Gasteiger partial charge in [0.2, 0.25) is 5.91 Å². The summed E-state index contributed by atoms with van der Waals surface area (Å²) in [4.78, 5) is 26.3. The van der Waals surface area contributed by atoms with Crippen LogP contribution < -0.4 is 10.1 Å². The second kappa shape index (κ2) is 12.4. The van der Waals surface area contributed by atoms with Gasteiger partial charge in [0.1, 0.15) is 18.2 Å². The number of nitrogens with one attached hydrogen (secondary N) is 1. The third-order valence-electron chi connectivity index (χ3n) is 5.45. The van der Waals surface area contributed by atoms with Crippen LogP contribution in [0.5, 0.6) is 5.75 Å². The summed E-state index contributed by atoms with van der Waals surface area (Å²) >= 11 is 0. The van der Waals surface area contributed by atoms with E-state index in [1.54, 1.807) is 60.5 Å². The lowest BCUT2D eigenvalue weighted by Crippen LogP contribution is -2.34. The molecule has 0 heterocycles. The van der Waals surface area contributed by atoms with E-state index in [0.717, 1.165) is 6.42 Å². The summed E-state index contributed by atoms with van der Waals surface area (Å²) in [6, 6.07) is 19.4. The van der Waals surface area contributed by atoms with Gasteiger partial charge in [0.15, 0.2) is 0 Å². The van der Waals surface area contributed by atoms with Crippen molar-refractivity contribution >= 4 is 28.9 Å². The molecule has 0 saturated carbocycles. The van der Waals surface area contributed by atoms with Crippen LogP contribution in [0.3, 0.4) is 0 Å². The van der Waals surface area contributed by atoms with Crippen LogP contribution in [0.15, 0.2) is 83.0 Å². The summed E-state index contributed by atoms with van der Waals surface area (Å²) in [5.41, 5.74) is 2.25. The SMILES string of the molecule is CC[C@@H](C)C(=O)N(C)CCOc1ccc(C(=O)Nc2ccc(N=Nc3ccc(F)cc3)cc2)cc1. The van der Waals surface area contributed by atoms with Crippen LogP contribution in [0.2, 0.25) is 0 Å². The Bertz CT molecular complexity index is 1150. The Hall–Kier alpha value is -4.07. The van der Waals surface area contributed by atoms with E-state index in [0.29, 0.717) is 41.5 Å². The van der Waals surface area contributed by atoms with Crippen molar-refractivity contribution in [3.05, 3.63) is 84.2 Å². The van der Waals surface area contributed by atoms with Crippen LogP contribution in [0.25, 0.3) is 0 Å². The van der Waals surface area contributed by atoms with Gasteiger partial charge in [-0.05, 0) is 79.2 Å². The number of carbonyl (C=O) groups excluding carboxylic acids is 2. The molecule has 1 atom stereocenters. The molecule has 0 radical (unpaired) electrons. The molecule has 0 unspecified atom stereocenters. The van der Waals surface area contributed by atoms with Crippen molar-refractivity contribution in [1.82, 2.24) is 4.90 Å².